The second kappa shape index (κ2) is 8.35. The standard InChI is InChI=1S/C22H27N3O4S/c1-16-21(17(2)29-23-16)30(27,28)25-12-6-9-20(15-25)22(26)24-13-10-19(11-14-24)18-7-4-3-5-8-18/h3-5,7-8,10,20H,6,9,11-15H2,1-2H3. The van der Waals surface area contributed by atoms with Gasteiger partial charge in [0.05, 0.1) is 5.92 Å². The van der Waals surface area contributed by atoms with Gasteiger partial charge in [0.15, 0.2) is 5.76 Å². The van der Waals surface area contributed by atoms with Crippen LogP contribution in [-0.4, -0.2) is 54.9 Å². The second-order valence-corrected chi connectivity index (χ2v) is 9.86. The SMILES string of the molecule is Cc1noc(C)c1S(=O)(=O)N1CCCC(C(=O)N2CC=C(c3ccccc3)CC2)C1. The van der Waals surface area contributed by atoms with Crippen LogP contribution in [-0.2, 0) is 14.8 Å². The molecule has 1 saturated heterocycles. The van der Waals surface area contributed by atoms with Crippen molar-refractivity contribution in [3.05, 3.63) is 53.4 Å². The fourth-order valence-electron chi connectivity index (χ4n) is 4.38. The molecule has 1 unspecified atom stereocenters. The third kappa shape index (κ3) is 3.94. The predicted molar refractivity (Wildman–Crippen MR) is 113 cm³/mol. The topological polar surface area (TPSA) is 83.7 Å². The van der Waals surface area contributed by atoms with Gasteiger partial charge in [0, 0.05) is 26.2 Å². The first kappa shape index (κ1) is 20.8. The molecule has 7 nitrogen and oxygen atoms in total. The van der Waals surface area contributed by atoms with Crippen LogP contribution in [0.25, 0.3) is 5.57 Å². The second-order valence-electron chi connectivity index (χ2n) is 7.99. The third-order valence-corrected chi connectivity index (χ3v) is 8.07. The summed E-state index contributed by atoms with van der Waals surface area (Å²) in [6.07, 6.45) is 4.29. The Hall–Kier alpha value is -2.45. The molecule has 1 amide bonds. The normalized spacial score (nSPS) is 20.8. The van der Waals surface area contributed by atoms with E-state index in [-0.39, 0.29) is 29.0 Å². The number of aromatic nitrogens is 1. The molecular weight excluding hydrogens is 402 g/mol. The number of hydrogen-bond acceptors (Lipinski definition) is 5. The van der Waals surface area contributed by atoms with Gasteiger partial charge in [-0.15, -0.1) is 0 Å². The zero-order valence-electron chi connectivity index (χ0n) is 17.4. The number of nitrogens with zero attached hydrogens (tertiary/aromatic N) is 3. The van der Waals surface area contributed by atoms with Crippen LogP contribution in [0.15, 0.2) is 45.8 Å². The molecule has 0 radical (unpaired) electrons. The quantitative estimate of drug-likeness (QED) is 0.746. The van der Waals surface area contributed by atoms with Crippen molar-refractivity contribution in [2.75, 3.05) is 26.2 Å². The molecule has 30 heavy (non-hydrogen) atoms. The van der Waals surface area contributed by atoms with E-state index in [1.807, 2.05) is 23.1 Å². The lowest BCUT2D eigenvalue weighted by atomic mass is 9.95. The summed E-state index contributed by atoms with van der Waals surface area (Å²) in [6.45, 7) is 5.07. The van der Waals surface area contributed by atoms with Gasteiger partial charge in [0.25, 0.3) is 0 Å². The van der Waals surface area contributed by atoms with Crippen LogP contribution in [0.4, 0.5) is 0 Å². The number of sulfonamides is 1. The van der Waals surface area contributed by atoms with Crippen LogP contribution in [0.2, 0.25) is 0 Å². The van der Waals surface area contributed by atoms with Crippen molar-refractivity contribution in [2.24, 2.45) is 5.92 Å². The number of aryl methyl sites for hydroxylation is 2. The highest BCUT2D eigenvalue weighted by Gasteiger charge is 2.37. The van der Waals surface area contributed by atoms with Gasteiger partial charge in [-0.3, -0.25) is 4.79 Å². The predicted octanol–water partition coefficient (Wildman–Crippen LogP) is 3.01. The van der Waals surface area contributed by atoms with E-state index >= 15 is 0 Å². The van der Waals surface area contributed by atoms with E-state index in [9.17, 15) is 13.2 Å². The van der Waals surface area contributed by atoms with Crippen molar-refractivity contribution in [2.45, 2.75) is 38.0 Å². The Bertz CT molecular complexity index is 1040. The molecule has 1 aromatic carbocycles. The number of carbonyl (C=O) groups is 1. The van der Waals surface area contributed by atoms with Gasteiger partial charge < -0.3 is 9.42 Å². The van der Waals surface area contributed by atoms with Crippen LogP contribution in [0.1, 0.15) is 36.3 Å². The van der Waals surface area contributed by atoms with Crippen LogP contribution < -0.4 is 0 Å². The molecular formula is C22H27N3O4S. The van der Waals surface area contributed by atoms with Crippen molar-refractivity contribution in [1.29, 1.82) is 0 Å². The van der Waals surface area contributed by atoms with E-state index in [0.717, 1.165) is 6.42 Å². The highest BCUT2D eigenvalue weighted by molar-refractivity contribution is 7.89. The first-order valence-electron chi connectivity index (χ1n) is 10.3. The molecule has 2 aromatic rings. The maximum atomic E-state index is 13.1. The maximum Gasteiger partial charge on any atom is 0.248 e. The van der Waals surface area contributed by atoms with E-state index in [1.165, 1.54) is 15.4 Å². The first-order valence-corrected chi connectivity index (χ1v) is 11.8. The number of rotatable bonds is 4. The fourth-order valence-corrected chi connectivity index (χ4v) is 6.19. The summed E-state index contributed by atoms with van der Waals surface area (Å²) in [5.74, 6) is 0.00764. The van der Waals surface area contributed by atoms with E-state index in [1.54, 1.807) is 13.8 Å². The zero-order valence-corrected chi connectivity index (χ0v) is 18.2. The van der Waals surface area contributed by atoms with Gasteiger partial charge in [-0.1, -0.05) is 41.6 Å². The summed E-state index contributed by atoms with van der Waals surface area (Å²) >= 11 is 0. The Morgan fingerprint density at radius 2 is 1.93 bits per heavy atom. The minimum Gasteiger partial charge on any atom is -0.360 e. The third-order valence-electron chi connectivity index (χ3n) is 5.96. The fraction of sp³-hybridized carbons (Fsp3) is 0.455. The minimum atomic E-state index is -3.73. The van der Waals surface area contributed by atoms with Crippen LogP contribution in [0.3, 0.4) is 0 Å². The molecule has 0 spiro atoms. The summed E-state index contributed by atoms with van der Waals surface area (Å²) in [5.41, 5.74) is 2.81. The van der Waals surface area contributed by atoms with Crippen molar-refractivity contribution in [3.63, 3.8) is 0 Å². The van der Waals surface area contributed by atoms with Gasteiger partial charge in [-0.25, -0.2) is 8.42 Å². The minimum absolute atomic E-state index is 0.0389. The summed E-state index contributed by atoms with van der Waals surface area (Å²) in [5, 5.41) is 3.77. The van der Waals surface area contributed by atoms with Gasteiger partial charge in [-0.2, -0.15) is 4.31 Å². The summed E-state index contributed by atoms with van der Waals surface area (Å²) < 4.78 is 32.7. The van der Waals surface area contributed by atoms with E-state index in [2.05, 4.69) is 23.4 Å². The molecule has 1 atom stereocenters. The average molecular weight is 430 g/mol. The molecule has 3 heterocycles. The molecule has 160 valence electrons. The molecule has 4 rings (SSSR count). The summed E-state index contributed by atoms with van der Waals surface area (Å²) in [7, 11) is -3.73. The largest absolute Gasteiger partial charge is 0.360 e. The lowest BCUT2D eigenvalue weighted by Crippen LogP contribution is -2.47. The Morgan fingerprint density at radius 1 is 1.17 bits per heavy atom. The van der Waals surface area contributed by atoms with E-state index < -0.39 is 10.0 Å². The number of amides is 1. The highest BCUT2D eigenvalue weighted by Crippen LogP contribution is 2.29. The maximum absolute atomic E-state index is 13.1. The molecule has 0 saturated carbocycles. The summed E-state index contributed by atoms with van der Waals surface area (Å²) in [6, 6.07) is 10.2. The molecule has 2 aliphatic rings. The highest BCUT2D eigenvalue weighted by atomic mass is 32.2. The monoisotopic (exact) mass is 429 g/mol. The number of carbonyl (C=O) groups excluding carboxylic acids is 1. The van der Waals surface area contributed by atoms with E-state index in [0.29, 0.717) is 38.2 Å². The lowest BCUT2D eigenvalue weighted by Gasteiger charge is -2.35. The van der Waals surface area contributed by atoms with Crippen molar-refractivity contribution in [1.82, 2.24) is 14.4 Å². The molecule has 0 bridgehead atoms. The first-order chi connectivity index (χ1) is 14.4. The number of hydrogen-bond donors (Lipinski definition) is 0. The molecule has 1 fully saturated rings. The Morgan fingerprint density at radius 3 is 2.57 bits per heavy atom. The van der Waals surface area contributed by atoms with Crippen molar-refractivity contribution in [3.8, 4) is 0 Å². The smallest absolute Gasteiger partial charge is 0.248 e. The van der Waals surface area contributed by atoms with Gasteiger partial charge in [-0.05, 0) is 44.2 Å². The average Bonchev–Trinajstić information content (AvgIpc) is 3.12. The van der Waals surface area contributed by atoms with Gasteiger partial charge in [0.1, 0.15) is 10.6 Å². The Kier molecular flexibility index (Phi) is 5.79. The molecule has 2 aliphatic heterocycles. The van der Waals surface area contributed by atoms with Crippen LogP contribution in [0, 0.1) is 19.8 Å². The van der Waals surface area contributed by atoms with Gasteiger partial charge >= 0.3 is 0 Å². The lowest BCUT2D eigenvalue weighted by molar-refractivity contribution is -0.136. The Labute approximate surface area is 177 Å². The van der Waals surface area contributed by atoms with Crippen LogP contribution >= 0.6 is 0 Å². The van der Waals surface area contributed by atoms with Gasteiger partial charge in [0.2, 0.25) is 15.9 Å². The van der Waals surface area contributed by atoms with Crippen molar-refractivity contribution >= 4 is 21.5 Å². The molecule has 0 aliphatic carbocycles. The van der Waals surface area contributed by atoms with E-state index in [4.69, 9.17) is 4.52 Å². The number of piperidine rings is 1. The van der Waals surface area contributed by atoms with Crippen LogP contribution in [0.5, 0.6) is 0 Å². The molecule has 8 heteroatoms. The Balaban J connectivity index is 1.45. The zero-order chi connectivity index (χ0) is 21.3. The van der Waals surface area contributed by atoms with Crippen molar-refractivity contribution < 1.29 is 17.7 Å². The molecule has 1 aromatic heterocycles. The molecule has 0 N–H and O–H groups in total. The number of benzene rings is 1. The summed E-state index contributed by atoms with van der Waals surface area (Å²) in [4.78, 5) is 15.1.